The summed E-state index contributed by atoms with van der Waals surface area (Å²) in [6.45, 7) is 2.16. The number of halogens is 1. The van der Waals surface area contributed by atoms with Gasteiger partial charge in [0, 0.05) is 6.54 Å². The van der Waals surface area contributed by atoms with Gasteiger partial charge in [0.2, 0.25) is 0 Å². The Kier molecular flexibility index (Phi) is 3.78. The van der Waals surface area contributed by atoms with Crippen LogP contribution >= 0.6 is 11.6 Å². The molecule has 0 bridgehead atoms. The molecule has 0 aliphatic heterocycles. The second-order valence-corrected chi connectivity index (χ2v) is 5.20. The number of nitrogens with one attached hydrogen (secondary N) is 2. The van der Waals surface area contributed by atoms with Crippen molar-refractivity contribution in [1.82, 2.24) is 5.32 Å². The van der Waals surface area contributed by atoms with Crippen molar-refractivity contribution >= 4 is 23.3 Å². The highest BCUT2D eigenvalue weighted by Gasteiger charge is 2.34. The first kappa shape index (κ1) is 13.2. The van der Waals surface area contributed by atoms with Crippen LogP contribution in [0.2, 0.25) is 5.02 Å². The zero-order valence-corrected chi connectivity index (χ0v) is 11.0. The number of hydrogen-bond donors (Lipinski definition) is 3. The third-order valence-electron chi connectivity index (χ3n) is 3.30. The molecule has 3 N–H and O–H groups in total. The molecule has 0 saturated heterocycles. The van der Waals surface area contributed by atoms with Gasteiger partial charge >= 0.3 is 6.03 Å². The van der Waals surface area contributed by atoms with E-state index < -0.39 is 5.60 Å². The Bertz CT molecular complexity index is 458. The van der Waals surface area contributed by atoms with Gasteiger partial charge in [-0.05, 0) is 37.8 Å². The molecular formula is C13H17ClN2O2. The van der Waals surface area contributed by atoms with Gasteiger partial charge in [0.05, 0.1) is 16.3 Å². The largest absolute Gasteiger partial charge is 0.388 e. The van der Waals surface area contributed by atoms with E-state index in [0.717, 1.165) is 24.8 Å². The van der Waals surface area contributed by atoms with Crippen molar-refractivity contribution in [3.05, 3.63) is 28.8 Å². The Hall–Kier alpha value is -1.26. The lowest BCUT2D eigenvalue weighted by atomic mass is 9.80. The van der Waals surface area contributed by atoms with Crippen molar-refractivity contribution < 1.29 is 9.90 Å². The molecule has 2 rings (SSSR count). The van der Waals surface area contributed by atoms with E-state index in [0.29, 0.717) is 10.7 Å². The number of carbonyl (C=O) groups excluding carboxylic acids is 1. The third-order valence-corrected chi connectivity index (χ3v) is 3.80. The zero-order valence-electron chi connectivity index (χ0n) is 10.3. The fraction of sp³-hybridized carbons (Fsp3) is 0.462. The summed E-state index contributed by atoms with van der Waals surface area (Å²) in [7, 11) is 0. The number of aryl methyl sites for hydroxylation is 1. The second kappa shape index (κ2) is 5.16. The molecule has 0 heterocycles. The van der Waals surface area contributed by atoms with Gasteiger partial charge in [-0.25, -0.2) is 4.79 Å². The molecule has 1 aromatic rings. The maximum absolute atomic E-state index is 11.7. The Morgan fingerprint density at radius 2 is 2.22 bits per heavy atom. The molecule has 18 heavy (non-hydrogen) atoms. The van der Waals surface area contributed by atoms with Crippen molar-refractivity contribution in [3.8, 4) is 0 Å². The molecule has 1 aromatic carbocycles. The zero-order chi connectivity index (χ0) is 13.2. The topological polar surface area (TPSA) is 61.4 Å². The summed E-state index contributed by atoms with van der Waals surface area (Å²) in [6, 6.07) is 5.11. The summed E-state index contributed by atoms with van der Waals surface area (Å²) in [6.07, 6.45) is 2.51. The first-order valence-electron chi connectivity index (χ1n) is 6.02. The number of rotatable bonds is 3. The summed E-state index contributed by atoms with van der Waals surface area (Å²) in [4.78, 5) is 11.7. The minimum absolute atomic E-state index is 0.280. The third kappa shape index (κ3) is 2.94. The van der Waals surface area contributed by atoms with Crippen LogP contribution in [0.5, 0.6) is 0 Å². The highest BCUT2D eigenvalue weighted by molar-refractivity contribution is 6.34. The van der Waals surface area contributed by atoms with E-state index in [-0.39, 0.29) is 12.6 Å². The van der Waals surface area contributed by atoms with E-state index in [1.807, 2.05) is 19.1 Å². The molecule has 0 spiro atoms. The van der Waals surface area contributed by atoms with Crippen LogP contribution in [0.15, 0.2) is 18.2 Å². The van der Waals surface area contributed by atoms with Gasteiger partial charge < -0.3 is 15.7 Å². The smallest absolute Gasteiger partial charge is 0.319 e. The number of anilines is 1. The van der Waals surface area contributed by atoms with Crippen molar-refractivity contribution in [1.29, 1.82) is 0 Å². The Morgan fingerprint density at radius 1 is 1.50 bits per heavy atom. The van der Waals surface area contributed by atoms with Gasteiger partial charge in [-0.3, -0.25) is 0 Å². The van der Waals surface area contributed by atoms with Crippen LogP contribution in [-0.2, 0) is 0 Å². The Morgan fingerprint density at radius 3 is 2.83 bits per heavy atom. The van der Waals surface area contributed by atoms with Crippen LogP contribution in [0.3, 0.4) is 0 Å². The van der Waals surface area contributed by atoms with E-state index in [9.17, 15) is 9.90 Å². The van der Waals surface area contributed by atoms with Crippen molar-refractivity contribution in [2.75, 3.05) is 11.9 Å². The molecule has 1 fully saturated rings. The standard InChI is InChI=1S/C13H17ClN2O2/c1-9-4-2-5-10(11(9)14)16-12(17)15-8-13(18)6-3-7-13/h2,4-5,18H,3,6-8H2,1H3,(H2,15,16,17). The minimum Gasteiger partial charge on any atom is -0.388 e. The fourth-order valence-corrected chi connectivity index (χ4v) is 2.09. The maximum Gasteiger partial charge on any atom is 0.319 e. The maximum atomic E-state index is 11.7. The first-order valence-corrected chi connectivity index (χ1v) is 6.40. The fourth-order valence-electron chi connectivity index (χ4n) is 1.92. The molecule has 1 aliphatic rings. The summed E-state index contributed by atoms with van der Waals surface area (Å²) >= 11 is 6.07. The van der Waals surface area contributed by atoms with Gasteiger partial charge in [0.1, 0.15) is 0 Å². The van der Waals surface area contributed by atoms with Crippen molar-refractivity contribution in [3.63, 3.8) is 0 Å². The van der Waals surface area contributed by atoms with Crippen LogP contribution in [0.4, 0.5) is 10.5 Å². The molecule has 0 radical (unpaired) electrons. The average Bonchev–Trinajstić information content (AvgIpc) is 2.30. The summed E-state index contributed by atoms with van der Waals surface area (Å²) in [5.74, 6) is 0. The second-order valence-electron chi connectivity index (χ2n) is 4.82. The van der Waals surface area contributed by atoms with Crippen LogP contribution in [-0.4, -0.2) is 23.3 Å². The lowest BCUT2D eigenvalue weighted by molar-refractivity contribution is -0.0287. The van der Waals surface area contributed by atoms with Gasteiger partial charge in [-0.2, -0.15) is 0 Å². The van der Waals surface area contributed by atoms with Gasteiger partial charge in [-0.15, -0.1) is 0 Å². The van der Waals surface area contributed by atoms with Gasteiger partial charge in [0.25, 0.3) is 0 Å². The molecule has 5 heteroatoms. The molecule has 0 atom stereocenters. The van der Waals surface area contributed by atoms with E-state index in [2.05, 4.69) is 10.6 Å². The molecule has 0 unspecified atom stereocenters. The molecule has 98 valence electrons. The number of benzene rings is 1. The van der Waals surface area contributed by atoms with E-state index >= 15 is 0 Å². The summed E-state index contributed by atoms with van der Waals surface area (Å²) < 4.78 is 0. The number of aliphatic hydroxyl groups is 1. The number of carbonyl (C=O) groups is 1. The van der Waals surface area contributed by atoms with E-state index in [1.54, 1.807) is 6.07 Å². The quantitative estimate of drug-likeness (QED) is 0.789. The van der Waals surface area contributed by atoms with Crippen LogP contribution < -0.4 is 10.6 Å². The SMILES string of the molecule is Cc1cccc(NC(=O)NCC2(O)CCC2)c1Cl. The number of hydrogen-bond acceptors (Lipinski definition) is 2. The van der Waals surface area contributed by atoms with Crippen LogP contribution in [0.25, 0.3) is 0 Å². The average molecular weight is 269 g/mol. The van der Waals surface area contributed by atoms with E-state index in [4.69, 9.17) is 11.6 Å². The lowest BCUT2D eigenvalue weighted by Gasteiger charge is -2.36. The molecular weight excluding hydrogens is 252 g/mol. The van der Waals surface area contributed by atoms with Crippen molar-refractivity contribution in [2.45, 2.75) is 31.8 Å². The summed E-state index contributed by atoms with van der Waals surface area (Å²) in [5.41, 5.74) is 0.773. The molecule has 0 aromatic heterocycles. The highest BCUT2D eigenvalue weighted by Crippen LogP contribution is 2.30. The van der Waals surface area contributed by atoms with Crippen LogP contribution in [0.1, 0.15) is 24.8 Å². The lowest BCUT2D eigenvalue weighted by Crippen LogP contribution is -2.48. The molecule has 1 aliphatic carbocycles. The molecule has 2 amide bonds. The predicted octanol–water partition coefficient (Wildman–Crippen LogP) is 2.68. The monoisotopic (exact) mass is 268 g/mol. The summed E-state index contributed by atoms with van der Waals surface area (Å²) in [5, 5.41) is 15.7. The Balaban J connectivity index is 1.89. The normalized spacial score (nSPS) is 16.8. The van der Waals surface area contributed by atoms with Crippen molar-refractivity contribution in [2.24, 2.45) is 0 Å². The highest BCUT2D eigenvalue weighted by atomic mass is 35.5. The van der Waals surface area contributed by atoms with Gasteiger partial charge in [0.15, 0.2) is 0 Å². The number of amides is 2. The molecule has 4 nitrogen and oxygen atoms in total. The van der Waals surface area contributed by atoms with E-state index in [1.165, 1.54) is 0 Å². The Labute approximate surface area is 111 Å². The predicted molar refractivity (Wildman–Crippen MR) is 72.0 cm³/mol. The van der Waals surface area contributed by atoms with Gasteiger partial charge in [-0.1, -0.05) is 23.7 Å². The van der Waals surface area contributed by atoms with Crippen LogP contribution in [0, 0.1) is 6.92 Å². The molecule has 1 saturated carbocycles. The number of urea groups is 1. The first-order chi connectivity index (χ1) is 8.50. The minimum atomic E-state index is -0.715.